The Morgan fingerprint density at radius 2 is 1.85 bits per heavy atom. The molecule has 2 heterocycles. The summed E-state index contributed by atoms with van der Waals surface area (Å²) in [6.07, 6.45) is 3.77. The topological polar surface area (TPSA) is 28.4 Å². The van der Waals surface area contributed by atoms with E-state index in [1.165, 1.54) is 10.9 Å². The van der Waals surface area contributed by atoms with E-state index in [0.29, 0.717) is 6.04 Å². The van der Waals surface area contributed by atoms with E-state index in [0.717, 1.165) is 31.5 Å². The van der Waals surface area contributed by atoms with Gasteiger partial charge >= 0.3 is 0 Å². The van der Waals surface area contributed by atoms with Crippen LogP contribution >= 0.6 is 0 Å². The molecule has 3 heteroatoms. The van der Waals surface area contributed by atoms with Gasteiger partial charge in [0.05, 0.1) is 5.60 Å². The molecule has 1 aliphatic rings. The summed E-state index contributed by atoms with van der Waals surface area (Å²) in [7, 11) is 2.12. The maximum atomic E-state index is 11.0. The second-order valence-corrected chi connectivity index (χ2v) is 6.43. The molecule has 0 bridgehead atoms. The van der Waals surface area contributed by atoms with Crippen molar-refractivity contribution in [2.24, 2.45) is 0 Å². The lowest BCUT2D eigenvalue weighted by Crippen LogP contribution is -2.40. The molecule has 0 unspecified atom stereocenters. The Hall–Kier alpha value is -1.32. The minimum atomic E-state index is -0.660. The van der Waals surface area contributed by atoms with E-state index in [2.05, 4.69) is 60.8 Å². The average molecular weight is 272 g/mol. The van der Waals surface area contributed by atoms with Crippen LogP contribution in [0.3, 0.4) is 0 Å². The number of likely N-dealkylation sites (tertiary alicyclic amines) is 1. The summed E-state index contributed by atoms with van der Waals surface area (Å²) in [5.74, 6) is 0. The number of hydrogen-bond acceptors (Lipinski definition) is 2. The zero-order valence-electron chi connectivity index (χ0n) is 12.6. The highest BCUT2D eigenvalue weighted by Crippen LogP contribution is 2.34. The first kappa shape index (κ1) is 13.7. The zero-order chi connectivity index (χ0) is 14.3. The van der Waals surface area contributed by atoms with Crippen molar-refractivity contribution in [2.75, 3.05) is 20.1 Å². The lowest BCUT2D eigenvalue weighted by Gasteiger charge is -2.37. The smallest absolute Gasteiger partial charge is 0.0921 e. The standard InChI is InChI=1S/C17H24N2O/c1-13(2)19-9-6-14-4-5-15(12-16(14)19)17(20)7-10-18(3)11-8-17/h4-6,9,12-13,20H,7-8,10-11H2,1-3H3. The monoisotopic (exact) mass is 272 g/mol. The van der Waals surface area contributed by atoms with Crippen molar-refractivity contribution in [2.45, 2.75) is 38.3 Å². The predicted octanol–water partition coefficient (Wildman–Crippen LogP) is 3.14. The molecule has 1 saturated heterocycles. The summed E-state index contributed by atoms with van der Waals surface area (Å²) in [6.45, 7) is 6.30. The van der Waals surface area contributed by atoms with E-state index in [-0.39, 0.29) is 0 Å². The fourth-order valence-corrected chi connectivity index (χ4v) is 3.17. The summed E-state index contributed by atoms with van der Waals surface area (Å²) in [5, 5.41) is 12.2. The quantitative estimate of drug-likeness (QED) is 0.910. The number of benzene rings is 1. The van der Waals surface area contributed by atoms with E-state index in [1.54, 1.807) is 0 Å². The number of rotatable bonds is 2. The van der Waals surface area contributed by atoms with Crippen LogP contribution in [-0.4, -0.2) is 34.7 Å². The molecule has 1 fully saturated rings. The van der Waals surface area contributed by atoms with E-state index in [1.807, 2.05) is 0 Å². The Bertz CT molecular complexity index is 606. The number of fused-ring (bicyclic) bond motifs is 1. The van der Waals surface area contributed by atoms with Gasteiger partial charge in [-0.1, -0.05) is 12.1 Å². The van der Waals surface area contributed by atoms with E-state index in [9.17, 15) is 5.11 Å². The second kappa shape index (κ2) is 4.90. The van der Waals surface area contributed by atoms with E-state index < -0.39 is 5.60 Å². The van der Waals surface area contributed by atoms with E-state index >= 15 is 0 Å². The van der Waals surface area contributed by atoms with Gasteiger partial charge in [-0.15, -0.1) is 0 Å². The Morgan fingerprint density at radius 3 is 2.50 bits per heavy atom. The molecular weight excluding hydrogens is 248 g/mol. The average Bonchev–Trinajstić information content (AvgIpc) is 2.85. The molecule has 1 aromatic heterocycles. The molecule has 3 nitrogen and oxygen atoms in total. The van der Waals surface area contributed by atoms with Gasteiger partial charge in [0, 0.05) is 30.8 Å². The van der Waals surface area contributed by atoms with Crippen molar-refractivity contribution >= 4 is 10.9 Å². The van der Waals surface area contributed by atoms with Crippen LogP contribution in [0.5, 0.6) is 0 Å². The van der Waals surface area contributed by atoms with Gasteiger partial charge in [-0.25, -0.2) is 0 Å². The molecule has 108 valence electrons. The summed E-state index contributed by atoms with van der Waals surface area (Å²) >= 11 is 0. The van der Waals surface area contributed by atoms with Gasteiger partial charge in [-0.2, -0.15) is 0 Å². The third-order valence-electron chi connectivity index (χ3n) is 4.63. The molecule has 1 aromatic carbocycles. The second-order valence-electron chi connectivity index (χ2n) is 6.43. The molecule has 0 aliphatic carbocycles. The molecule has 20 heavy (non-hydrogen) atoms. The Balaban J connectivity index is 2.01. The van der Waals surface area contributed by atoms with Gasteiger partial charge in [0.2, 0.25) is 0 Å². The first-order valence-corrected chi connectivity index (χ1v) is 7.52. The lowest BCUT2D eigenvalue weighted by molar-refractivity contribution is -0.0202. The summed E-state index contributed by atoms with van der Waals surface area (Å²) in [6, 6.07) is 9.01. The minimum absolute atomic E-state index is 0.440. The Kier molecular flexibility index (Phi) is 3.35. The molecule has 0 atom stereocenters. The molecular formula is C17H24N2O. The number of hydrogen-bond donors (Lipinski definition) is 1. The molecule has 0 saturated carbocycles. The van der Waals surface area contributed by atoms with Crippen molar-refractivity contribution < 1.29 is 5.11 Å². The van der Waals surface area contributed by atoms with E-state index in [4.69, 9.17) is 0 Å². The molecule has 0 amide bonds. The molecule has 0 radical (unpaired) electrons. The van der Waals surface area contributed by atoms with Crippen LogP contribution in [0.1, 0.15) is 38.3 Å². The number of aromatic nitrogens is 1. The van der Waals surface area contributed by atoms with Gasteiger partial charge < -0.3 is 14.6 Å². The third-order valence-corrected chi connectivity index (χ3v) is 4.63. The number of piperidine rings is 1. The van der Waals surface area contributed by atoms with Crippen molar-refractivity contribution in [3.8, 4) is 0 Å². The van der Waals surface area contributed by atoms with Crippen LogP contribution in [0, 0.1) is 0 Å². The highest BCUT2D eigenvalue weighted by atomic mass is 16.3. The fraction of sp³-hybridized carbons (Fsp3) is 0.529. The molecule has 1 N–H and O–H groups in total. The van der Waals surface area contributed by atoms with Crippen LogP contribution in [0.4, 0.5) is 0 Å². The highest BCUT2D eigenvalue weighted by Gasteiger charge is 2.33. The first-order chi connectivity index (χ1) is 9.49. The van der Waals surface area contributed by atoms with Crippen LogP contribution < -0.4 is 0 Å². The van der Waals surface area contributed by atoms with Gasteiger partial charge in [-0.05, 0) is 56.8 Å². The molecule has 0 spiro atoms. The van der Waals surface area contributed by atoms with Crippen LogP contribution in [0.2, 0.25) is 0 Å². The maximum Gasteiger partial charge on any atom is 0.0921 e. The van der Waals surface area contributed by atoms with Crippen molar-refractivity contribution in [1.82, 2.24) is 9.47 Å². The molecule has 1 aliphatic heterocycles. The lowest BCUT2D eigenvalue weighted by atomic mass is 9.84. The van der Waals surface area contributed by atoms with Crippen molar-refractivity contribution in [1.29, 1.82) is 0 Å². The van der Waals surface area contributed by atoms with Crippen molar-refractivity contribution in [3.63, 3.8) is 0 Å². The van der Waals surface area contributed by atoms with Gasteiger partial charge in [0.25, 0.3) is 0 Å². The third kappa shape index (κ3) is 2.25. The summed E-state index contributed by atoms with van der Waals surface area (Å²) in [5.41, 5.74) is 1.64. The largest absolute Gasteiger partial charge is 0.385 e. The van der Waals surface area contributed by atoms with Gasteiger partial charge in [0.1, 0.15) is 0 Å². The minimum Gasteiger partial charge on any atom is -0.385 e. The normalized spacial score (nSPS) is 19.9. The van der Waals surface area contributed by atoms with Gasteiger partial charge in [0.15, 0.2) is 0 Å². The Morgan fingerprint density at radius 1 is 1.15 bits per heavy atom. The molecule has 3 rings (SSSR count). The van der Waals surface area contributed by atoms with Crippen LogP contribution in [-0.2, 0) is 5.60 Å². The fourth-order valence-electron chi connectivity index (χ4n) is 3.17. The van der Waals surface area contributed by atoms with Crippen LogP contribution in [0.25, 0.3) is 10.9 Å². The van der Waals surface area contributed by atoms with Gasteiger partial charge in [-0.3, -0.25) is 0 Å². The Labute approximate surface area is 120 Å². The summed E-state index contributed by atoms with van der Waals surface area (Å²) in [4.78, 5) is 2.28. The number of aliphatic hydroxyl groups is 1. The highest BCUT2D eigenvalue weighted by molar-refractivity contribution is 5.81. The van der Waals surface area contributed by atoms with Crippen LogP contribution in [0.15, 0.2) is 30.5 Å². The zero-order valence-corrected chi connectivity index (χ0v) is 12.6. The first-order valence-electron chi connectivity index (χ1n) is 7.52. The predicted molar refractivity (Wildman–Crippen MR) is 83.0 cm³/mol. The van der Waals surface area contributed by atoms with Crippen molar-refractivity contribution in [3.05, 3.63) is 36.0 Å². The molecule has 2 aromatic rings. The number of nitrogens with zero attached hydrogens (tertiary/aromatic N) is 2. The maximum absolute atomic E-state index is 11.0. The SMILES string of the molecule is CC(C)n1ccc2ccc(C3(O)CCN(C)CC3)cc21. The summed E-state index contributed by atoms with van der Waals surface area (Å²) < 4.78 is 2.27.